The first kappa shape index (κ1) is 19.8. The van der Waals surface area contributed by atoms with Gasteiger partial charge in [0.25, 0.3) is 11.7 Å². The number of rotatable bonds is 7. The predicted molar refractivity (Wildman–Crippen MR) is 103 cm³/mol. The highest BCUT2D eigenvalue weighted by atomic mass is 19.1. The summed E-state index contributed by atoms with van der Waals surface area (Å²) in [5.74, 6) is -2.16. The maximum Gasteiger partial charge on any atom is 0.295 e. The number of benzene rings is 2. The predicted octanol–water partition coefficient (Wildman–Crippen LogP) is 3.67. The number of ether oxygens (including phenoxy) is 1. The number of carbonyl (C=O) groups is 2. The highest BCUT2D eigenvalue weighted by Crippen LogP contribution is 2.39. The van der Waals surface area contributed by atoms with Crippen molar-refractivity contribution in [2.24, 2.45) is 0 Å². The number of likely N-dealkylation sites (tertiary alicyclic amines) is 1. The van der Waals surface area contributed by atoms with Gasteiger partial charge in [-0.05, 0) is 43.2 Å². The summed E-state index contributed by atoms with van der Waals surface area (Å²) in [6.45, 7) is 3.26. The molecule has 0 bridgehead atoms. The van der Waals surface area contributed by atoms with Crippen molar-refractivity contribution in [2.75, 3.05) is 19.8 Å². The fraction of sp³-hybridized carbons (Fsp3) is 0.273. The van der Waals surface area contributed by atoms with Crippen molar-refractivity contribution in [1.82, 2.24) is 4.90 Å². The lowest BCUT2D eigenvalue weighted by Gasteiger charge is -2.25. The van der Waals surface area contributed by atoms with Crippen LogP contribution in [0.5, 0.6) is 0 Å². The van der Waals surface area contributed by atoms with Gasteiger partial charge >= 0.3 is 0 Å². The van der Waals surface area contributed by atoms with Crippen LogP contribution in [0, 0.1) is 5.82 Å². The Kier molecular flexibility index (Phi) is 6.21. The second kappa shape index (κ2) is 8.80. The van der Waals surface area contributed by atoms with Gasteiger partial charge in [0.15, 0.2) is 0 Å². The Balaban J connectivity index is 2.03. The molecule has 0 aromatic heterocycles. The molecule has 2 aromatic carbocycles. The van der Waals surface area contributed by atoms with Gasteiger partial charge in [-0.1, -0.05) is 30.3 Å². The number of carbonyl (C=O) groups excluding carboxylic acids is 2. The molecular formula is C22H22FNO4. The minimum absolute atomic E-state index is 0.0132. The lowest BCUT2D eigenvalue weighted by molar-refractivity contribution is -0.140. The van der Waals surface area contributed by atoms with E-state index in [1.165, 1.54) is 29.2 Å². The molecule has 1 aliphatic heterocycles. The molecule has 1 atom stereocenters. The van der Waals surface area contributed by atoms with E-state index in [4.69, 9.17) is 4.74 Å². The number of nitrogens with zero attached hydrogens (tertiary/aromatic N) is 1. The minimum atomic E-state index is -0.743. The van der Waals surface area contributed by atoms with Crippen molar-refractivity contribution >= 4 is 17.4 Å². The highest BCUT2D eigenvalue weighted by Gasteiger charge is 2.45. The van der Waals surface area contributed by atoms with Crippen molar-refractivity contribution in [2.45, 2.75) is 19.4 Å². The van der Waals surface area contributed by atoms with Gasteiger partial charge in [-0.25, -0.2) is 4.39 Å². The number of amides is 1. The summed E-state index contributed by atoms with van der Waals surface area (Å²) in [6, 6.07) is 13.5. The van der Waals surface area contributed by atoms with Crippen molar-refractivity contribution in [1.29, 1.82) is 0 Å². The Morgan fingerprint density at radius 3 is 2.43 bits per heavy atom. The Bertz CT molecular complexity index is 877. The smallest absolute Gasteiger partial charge is 0.295 e. The molecule has 1 N–H and O–H groups in total. The molecule has 1 unspecified atom stereocenters. The summed E-state index contributed by atoms with van der Waals surface area (Å²) >= 11 is 0. The van der Waals surface area contributed by atoms with E-state index in [2.05, 4.69) is 0 Å². The molecule has 0 spiro atoms. The lowest BCUT2D eigenvalue weighted by Crippen LogP contribution is -2.31. The number of halogens is 1. The van der Waals surface area contributed by atoms with Gasteiger partial charge in [0.1, 0.15) is 11.6 Å². The number of hydrogen-bond acceptors (Lipinski definition) is 4. The van der Waals surface area contributed by atoms with E-state index >= 15 is 0 Å². The second-order valence-corrected chi connectivity index (χ2v) is 6.46. The maximum atomic E-state index is 13.2. The summed E-state index contributed by atoms with van der Waals surface area (Å²) < 4.78 is 18.6. The van der Waals surface area contributed by atoms with Crippen LogP contribution in [-0.4, -0.2) is 41.5 Å². The standard InChI is InChI=1S/C22H22FNO4/c1-2-28-14-6-13-24-19(15-7-4-3-5-8-15)18(21(26)22(24)27)20(25)16-9-11-17(23)12-10-16/h3-5,7-12,19,25H,2,6,13-14H2,1H3/b20-18-. The Labute approximate surface area is 163 Å². The molecule has 1 amide bonds. The third-order valence-corrected chi connectivity index (χ3v) is 4.66. The van der Waals surface area contributed by atoms with E-state index in [9.17, 15) is 19.1 Å². The number of aliphatic hydroxyl groups excluding tert-OH is 1. The first-order valence-corrected chi connectivity index (χ1v) is 9.21. The van der Waals surface area contributed by atoms with Crippen molar-refractivity contribution in [3.8, 4) is 0 Å². The van der Waals surface area contributed by atoms with Crippen LogP contribution in [-0.2, 0) is 14.3 Å². The van der Waals surface area contributed by atoms with Gasteiger partial charge < -0.3 is 14.7 Å². The lowest BCUT2D eigenvalue weighted by atomic mass is 9.95. The molecule has 6 heteroatoms. The van der Waals surface area contributed by atoms with E-state index in [0.717, 1.165) is 5.56 Å². The molecule has 1 aliphatic rings. The number of aliphatic hydroxyl groups is 1. The normalized spacial score (nSPS) is 18.6. The van der Waals surface area contributed by atoms with Crippen LogP contribution in [0.2, 0.25) is 0 Å². The van der Waals surface area contributed by atoms with Crippen LogP contribution in [0.4, 0.5) is 4.39 Å². The molecule has 146 valence electrons. The maximum absolute atomic E-state index is 13.2. The van der Waals surface area contributed by atoms with E-state index < -0.39 is 23.5 Å². The molecule has 1 saturated heterocycles. The zero-order valence-electron chi connectivity index (χ0n) is 15.6. The van der Waals surface area contributed by atoms with Gasteiger partial charge in [0.2, 0.25) is 0 Å². The second-order valence-electron chi connectivity index (χ2n) is 6.46. The van der Waals surface area contributed by atoms with Crippen LogP contribution in [0.25, 0.3) is 5.76 Å². The molecule has 0 radical (unpaired) electrons. The van der Waals surface area contributed by atoms with Crippen molar-refractivity contribution < 1.29 is 23.8 Å². The monoisotopic (exact) mass is 383 g/mol. The number of ketones is 1. The van der Waals surface area contributed by atoms with Crippen LogP contribution < -0.4 is 0 Å². The molecule has 0 aliphatic carbocycles. The van der Waals surface area contributed by atoms with Gasteiger partial charge in [0.05, 0.1) is 11.6 Å². The van der Waals surface area contributed by atoms with Crippen LogP contribution in [0.15, 0.2) is 60.2 Å². The molecule has 28 heavy (non-hydrogen) atoms. The third kappa shape index (κ3) is 3.97. The zero-order valence-corrected chi connectivity index (χ0v) is 15.6. The Morgan fingerprint density at radius 2 is 1.79 bits per heavy atom. The van der Waals surface area contributed by atoms with E-state index in [1.807, 2.05) is 37.3 Å². The average Bonchev–Trinajstić information content (AvgIpc) is 2.97. The van der Waals surface area contributed by atoms with Gasteiger partial charge in [-0.15, -0.1) is 0 Å². The van der Waals surface area contributed by atoms with Crippen LogP contribution >= 0.6 is 0 Å². The first-order valence-electron chi connectivity index (χ1n) is 9.21. The Hall–Kier alpha value is -2.99. The van der Waals surface area contributed by atoms with Crippen molar-refractivity contribution in [3.05, 3.63) is 77.1 Å². The minimum Gasteiger partial charge on any atom is -0.507 e. The van der Waals surface area contributed by atoms with Gasteiger partial charge in [0, 0.05) is 25.3 Å². The quantitative estimate of drug-likeness (QED) is 0.343. The molecule has 2 aromatic rings. The summed E-state index contributed by atoms with van der Waals surface area (Å²) in [5, 5.41) is 10.8. The fourth-order valence-corrected chi connectivity index (χ4v) is 3.34. The average molecular weight is 383 g/mol. The summed E-state index contributed by atoms with van der Waals surface area (Å²) in [7, 11) is 0. The van der Waals surface area contributed by atoms with E-state index in [0.29, 0.717) is 26.2 Å². The van der Waals surface area contributed by atoms with Gasteiger partial charge in [-0.3, -0.25) is 9.59 Å². The molecule has 5 nitrogen and oxygen atoms in total. The van der Waals surface area contributed by atoms with Crippen LogP contribution in [0.3, 0.4) is 0 Å². The fourth-order valence-electron chi connectivity index (χ4n) is 3.34. The third-order valence-electron chi connectivity index (χ3n) is 4.66. The SMILES string of the molecule is CCOCCCN1C(=O)C(=O)/C(=C(\O)c2ccc(F)cc2)C1c1ccccc1. The van der Waals surface area contributed by atoms with Crippen LogP contribution in [0.1, 0.15) is 30.5 Å². The summed E-state index contributed by atoms with van der Waals surface area (Å²) in [5.41, 5.74) is 1.02. The van der Waals surface area contributed by atoms with E-state index in [-0.39, 0.29) is 16.9 Å². The Morgan fingerprint density at radius 1 is 1.11 bits per heavy atom. The first-order chi connectivity index (χ1) is 13.5. The topological polar surface area (TPSA) is 66.8 Å². The van der Waals surface area contributed by atoms with Gasteiger partial charge in [-0.2, -0.15) is 0 Å². The molecular weight excluding hydrogens is 361 g/mol. The summed E-state index contributed by atoms with van der Waals surface area (Å²) in [6.07, 6.45) is 0.570. The number of Topliss-reactive ketones (excluding diaryl/α,β-unsaturated/α-hetero) is 1. The summed E-state index contributed by atoms with van der Waals surface area (Å²) in [4.78, 5) is 26.9. The number of hydrogen-bond donors (Lipinski definition) is 1. The van der Waals surface area contributed by atoms with E-state index in [1.54, 1.807) is 0 Å². The molecule has 1 heterocycles. The van der Waals surface area contributed by atoms with Crippen molar-refractivity contribution in [3.63, 3.8) is 0 Å². The molecule has 3 rings (SSSR count). The highest BCUT2D eigenvalue weighted by molar-refractivity contribution is 6.46. The largest absolute Gasteiger partial charge is 0.507 e. The zero-order chi connectivity index (χ0) is 20.1. The molecule has 1 fully saturated rings. The molecule has 0 saturated carbocycles.